The Morgan fingerprint density at radius 1 is 1.23 bits per heavy atom. The lowest BCUT2D eigenvalue weighted by atomic mass is 10.1. The molecule has 1 unspecified atom stereocenters. The van der Waals surface area contributed by atoms with E-state index >= 15 is 0 Å². The third-order valence-corrected chi connectivity index (χ3v) is 4.40. The average Bonchev–Trinajstić information content (AvgIpc) is 2.02. The monoisotopic (exact) mass is 246 g/mol. The third-order valence-electron chi connectivity index (χ3n) is 2.01. The minimum absolute atomic E-state index is 0.385. The quantitative estimate of drug-likeness (QED) is 0.393. The number of alkyl halides is 1. The Morgan fingerprint density at radius 2 is 1.85 bits per heavy atom. The summed E-state index contributed by atoms with van der Waals surface area (Å²) in [4.78, 5) is 0. The van der Waals surface area contributed by atoms with Crippen molar-refractivity contribution >= 4 is 31.3 Å². The lowest BCUT2D eigenvalue weighted by Crippen LogP contribution is -2.14. The second-order valence-electron chi connectivity index (χ2n) is 3.04. The summed E-state index contributed by atoms with van der Waals surface area (Å²) in [6, 6.07) is 0. The van der Waals surface area contributed by atoms with Gasteiger partial charge in [0.25, 0.3) is 0 Å². The van der Waals surface area contributed by atoms with E-state index in [1.165, 1.54) is 0 Å². The SMILES string of the molecule is CCC(CCCCCCl)S(=O)(=O)Cl. The lowest BCUT2D eigenvalue weighted by molar-refractivity contribution is 0.565. The highest BCUT2D eigenvalue weighted by molar-refractivity contribution is 8.14. The zero-order valence-electron chi connectivity index (χ0n) is 7.80. The van der Waals surface area contributed by atoms with Gasteiger partial charge in [-0.3, -0.25) is 0 Å². The van der Waals surface area contributed by atoms with Crippen LogP contribution in [0.25, 0.3) is 0 Å². The third kappa shape index (κ3) is 6.58. The van der Waals surface area contributed by atoms with Gasteiger partial charge in [0.1, 0.15) is 0 Å². The highest BCUT2D eigenvalue weighted by atomic mass is 35.7. The summed E-state index contributed by atoms with van der Waals surface area (Å²) in [7, 11) is 1.90. The normalized spacial score (nSPS) is 14.4. The molecule has 1 atom stereocenters. The molecule has 5 heteroatoms. The fourth-order valence-corrected chi connectivity index (χ4v) is 2.87. The van der Waals surface area contributed by atoms with Crippen LogP contribution in [0.1, 0.15) is 39.0 Å². The highest BCUT2D eigenvalue weighted by Crippen LogP contribution is 2.18. The molecule has 0 saturated carbocycles. The summed E-state index contributed by atoms with van der Waals surface area (Å²) in [5.41, 5.74) is 0. The van der Waals surface area contributed by atoms with E-state index in [1.807, 2.05) is 6.92 Å². The maximum Gasteiger partial charge on any atom is 0.235 e. The maximum atomic E-state index is 11.0. The van der Waals surface area contributed by atoms with Crippen LogP contribution in [0.2, 0.25) is 0 Å². The Hall–Kier alpha value is 0.530. The maximum absolute atomic E-state index is 11.0. The molecule has 0 aromatic heterocycles. The molecule has 0 aromatic carbocycles. The van der Waals surface area contributed by atoms with E-state index in [4.69, 9.17) is 22.3 Å². The Kier molecular flexibility index (Phi) is 7.19. The van der Waals surface area contributed by atoms with E-state index in [9.17, 15) is 8.42 Å². The predicted molar refractivity (Wildman–Crippen MR) is 58.0 cm³/mol. The molecule has 13 heavy (non-hydrogen) atoms. The second kappa shape index (κ2) is 6.91. The molecule has 0 aliphatic carbocycles. The van der Waals surface area contributed by atoms with Crippen LogP contribution < -0.4 is 0 Å². The topological polar surface area (TPSA) is 34.1 Å². The summed E-state index contributed by atoms with van der Waals surface area (Å²) < 4.78 is 21.9. The lowest BCUT2D eigenvalue weighted by Gasteiger charge is -2.09. The van der Waals surface area contributed by atoms with E-state index in [2.05, 4.69) is 0 Å². The first-order valence-electron chi connectivity index (χ1n) is 4.51. The van der Waals surface area contributed by atoms with Crippen molar-refractivity contribution in [2.75, 3.05) is 5.88 Å². The van der Waals surface area contributed by atoms with E-state index in [0.717, 1.165) is 19.3 Å². The van der Waals surface area contributed by atoms with E-state index in [1.54, 1.807) is 0 Å². The molecule has 0 aliphatic rings. The van der Waals surface area contributed by atoms with Gasteiger partial charge in [0.2, 0.25) is 9.05 Å². The smallest absolute Gasteiger partial charge is 0.212 e. The molecular weight excluding hydrogens is 231 g/mol. The number of halogens is 2. The number of hydrogen-bond donors (Lipinski definition) is 0. The fraction of sp³-hybridized carbons (Fsp3) is 1.00. The molecule has 0 spiro atoms. The van der Waals surface area contributed by atoms with Crippen molar-refractivity contribution in [3.05, 3.63) is 0 Å². The van der Waals surface area contributed by atoms with Gasteiger partial charge in [-0.2, -0.15) is 0 Å². The first kappa shape index (κ1) is 13.5. The van der Waals surface area contributed by atoms with Crippen LogP contribution in [0.3, 0.4) is 0 Å². The number of rotatable bonds is 7. The van der Waals surface area contributed by atoms with Gasteiger partial charge in [-0.05, 0) is 19.3 Å². The van der Waals surface area contributed by atoms with Crippen LogP contribution in [-0.2, 0) is 9.05 Å². The molecule has 0 heterocycles. The zero-order chi connectivity index (χ0) is 10.3. The fourth-order valence-electron chi connectivity index (χ4n) is 1.19. The van der Waals surface area contributed by atoms with Gasteiger partial charge in [-0.15, -0.1) is 11.6 Å². The van der Waals surface area contributed by atoms with Crippen molar-refractivity contribution in [2.24, 2.45) is 0 Å². The molecular formula is C8H16Cl2O2S. The van der Waals surface area contributed by atoms with E-state index < -0.39 is 9.05 Å². The minimum Gasteiger partial charge on any atom is -0.212 e. The van der Waals surface area contributed by atoms with Gasteiger partial charge < -0.3 is 0 Å². The largest absolute Gasteiger partial charge is 0.235 e. The molecule has 0 saturated heterocycles. The molecule has 0 aliphatic heterocycles. The van der Waals surface area contributed by atoms with Crippen LogP contribution >= 0.6 is 22.3 Å². The summed E-state index contributed by atoms with van der Waals surface area (Å²) in [6.45, 7) is 1.84. The van der Waals surface area contributed by atoms with Gasteiger partial charge in [-0.25, -0.2) is 8.42 Å². The molecule has 0 N–H and O–H groups in total. The summed E-state index contributed by atoms with van der Waals surface area (Å²) in [6.07, 6.45) is 4.05. The van der Waals surface area contributed by atoms with Crippen molar-refractivity contribution in [1.29, 1.82) is 0 Å². The molecule has 0 rings (SSSR count). The van der Waals surface area contributed by atoms with Gasteiger partial charge in [-0.1, -0.05) is 19.8 Å². The van der Waals surface area contributed by atoms with E-state index in [0.29, 0.717) is 18.7 Å². The van der Waals surface area contributed by atoms with Crippen molar-refractivity contribution in [3.63, 3.8) is 0 Å². The van der Waals surface area contributed by atoms with Crippen molar-refractivity contribution in [1.82, 2.24) is 0 Å². The second-order valence-corrected chi connectivity index (χ2v) is 6.33. The first-order chi connectivity index (χ1) is 6.02. The molecule has 2 nitrogen and oxygen atoms in total. The standard InChI is InChI=1S/C8H16Cl2O2S/c1-2-8(13(10,11)12)6-4-3-5-7-9/h8H,2-7H2,1H3. The molecule has 0 aromatic rings. The predicted octanol–water partition coefficient (Wildman–Crippen LogP) is 3.13. The Balaban J connectivity index is 3.74. The molecule has 0 bridgehead atoms. The summed E-state index contributed by atoms with van der Waals surface area (Å²) in [5, 5.41) is -0.385. The summed E-state index contributed by atoms with van der Waals surface area (Å²) >= 11 is 5.50. The Labute approximate surface area is 90.0 Å². The highest BCUT2D eigenvalue weighted by Gasteiger charge is 2.19. The van der Waals surface area contributed by atoms with Crippen LogP contribution in [0, 0.1) is 0 Å². The average molecular weight is 247 g/mol. The molecule has 0 fully saturated rings. The molecule has 0 radical (unpaired) electrons. The zero-order valence-corrected chi connectivity index (χ0v) is 10.1. The molecule has 0 amide bonds. The minimum atomic E-state index is -3.36. The van der Waals surface area contributed by atoms with Gasteiger partial charge in [0.05, 0.1) is 5.25 Å². The first-order valence-corrected chi connectivity index (χ1v) is 7.42. The number of unbranched alkanes of at least 4 members (excludes halogenated alkanes) is 2. The van der Waals surface area contributed by atoms with Crippen LogP contribution in [0.4, 0.5) is 0 Å². The van der Waals surface area contributed by atoms with Crippen molar-refractivity contribution < 1.29 is 8.42 Å². The Morgan fingerprint density at radius 3 is 2.23 bits per heavy atom. The van der Waals surface area contributed by atoms with Gasteiger partial charge in [0, 0.05) is 16.6 Å². The van der Waals surface area contributed by atoms with Crippen LogP contribution in [0.5, 0.6) is 0 Å². The summed E-state index contributed by atoms with van der Waals surface area (Å²) in [5.74, 6) is 0.643. The Bertz CT molecular complexity index is 214. The number of hydrogen-bond acceptors (Lipinski definition) is 2. The van der Waals surface area contributed by atoms with Crippen molar-refractivity contribution in [2.45, 2.75) is 44.3 Å². The van der Waals surface area contributed by atoms with Gasteiger partial charge >= 0.3 is 0 Å². The van der Waals surface area contributed by atoms with Crippen LogP contribution in [0.15, 0.2) is 0 Å². The van der Waals surface area contributed by atoms with Crippen LogP contribution in [-0.4, -0.2) is 19.5 Å². The molecule has 80 valence electrons. The van der Waals surface area contributed by atoms with E-state index in [-0.39, 0.29) is 5.25 Å². The van der Waals surface area contributed by atoms with Crippen molar-refractivity contribution in [3.8, 4) is 0 Å². The van der Waals surface area contributed by atoms with Gasteiger partial charge in [0.15, 0.2) is 0 Å².